The number of hydrogen-bond acceptors (Lipinski definition) is 3. The third-order valence-electron chi connectivity index (χ3n) is 5.98. The molecular formula is C21H23NO3. The molecule has 1 saturated carbocycles. The van der Waals surface area contributed by atoms with E-state index in [1.54, 1.807) is 0 Å². The fraction of sp³-hybridized carbons (Fsp3) is 0.476. The summed E-state index contributed by atoms with van der Waals surface area (Å²) in [5.74, 6) is 0.416. The van der Waals surface area contributed by atoms with Crippen LogP contribution in [0.2, 0.25) is 0 Å². The molecule has 0 radical (unpaired) electrons. The Labute approximate surface area is 147 Å². The molecule has 0 bridgehead atoms. The number of ether oxygens (including phenoxy) is 2. The number of nitrogens with zero attached hydrogens (tertiary/aromatic N) is 1. The largest absolute Gasteiger partial charge is 0.347 e. The highest BCUT2D eigenvalue weighted by Crippen LogP contribution is 2.50. The molecule has 5 rings (SSSR count). The van der Waals surface area contributed by atoms with Gasteiger partial charge in [0.15, 0.2) is 5.79 Å². The van der Waals surface area contributed by atoms with E-state index in [0.717, 1.165) is 32.4 Å². The molecule has 0 N–H and O–H groups in total. The van der Waals surface area contributed by atoms with E-state index < -0.39 is 5.79 Å². The molecule has 25 heavy (non-hydrogen) atoms. The summed E-state index contributed by atoms with van der Waals surface area (Å²) < 4.78 is 11.5. The van der Waals surface area contributed by atoms with Crippen molar-refractivity contribution >= 4 is 16.7 Å². The van der Waals surface area contributed by atoms with Gasteiger partial charge in [0.2, 0.25) is 5.91 Å². The Kier molecular flexibility index (Phi) is 3.57. The molecule has 1 amide bonds. The lowest BCUT2D eigenvalue weighted by atomic mass is 9.99. The van der Waals surface area contributed by atoms with Crippen LogP contribution < -0.4 is 0 Å². The Morgan fingerprint density at radius 2 is 1.72 bits per heavy atom. The van der Waals surface area contributed by atoms with Crippen molar-refractivity contribution in [2.45, 2.75) is 31.0 Å². The Morgan fingerprint density at radius 3 is 2.52 bits per heavy atom. The normalized spacial score (nSPS) is 27.8. The van der Waals surface area contributed by atoms with Crippen LogP contribution in [0.1, 0.15) is 30.7 Å². The van der Waals surface area contributed by atoms with Gasteiger partial charge in [-0.1, -0.05) is 42.5 Å². The third-order valence-corrected chi connectivity index (χ3v) is 5.98. The molecule has 2 aromatic rings. The van der Waals surface area contributed by atoms with Crippen molar-refractivity contribution in [1.29, 1.82) is 0 Å². The number of carbonyl (C=O) groups is 1. The van der Waals surface area contributed by atoms with Gasteiger partial charge in [-0.25, -0.2) is 0 Å². The van der Waals surface area contributed by atoms with Gasteiger partial charge < -0.3 is 14.4 Å². The maximum atomic E-state index is 12.9. The van der Waals surface area contributed by atoms with Crippen molar-refractivity contribution in [1.82, 2.24) is 4.90 Å². The van der Waals surface area contributed by atoms with Gasteiger partial charge >= 0.3 is 0 Å². The lowest BCUT2D eigenvalue weighted by Gasteiger charge is -2.37. The maximum Gasteiger partial charge on any atom is 0.226 e. The minimum atomic E-state index is -0.407. The molecule has 2 aliphatic heterocycles. The second kappa shape index (κ2) is 5.82. The van der Waals surface area contributed by atoms with E-state index in [-0.39, 0.29) is 5.92 Å². The molecule has 2 atom stereocenters. The zero-order chi connectivity index (χ0) is 16.9. The summed E-state index contributed by atoms with van der Waals surface area (Å²) in [5.41, 5.74) is 1.33. The summed E-state index contributed by atoms with van der Waals surface area (Å²) in [6.07, 6.45) is 2.57. The maximum absolute atomic E-state index is 12.9. The minimum Gasteiger partial charge on any atom is -0.347 e. The Bertz CT molecular complexity index is 796. The van der Waals surface area contributed by atoms with E-state index in [0.29, 0.717) is 25.0 Å². The van der Waals surface area contributed by atoms with E-state index in [4.69, 9.17) is 9.47 Å². The molecule has 2 aromatic carbocycles. The average molecular weight is 337 g/mol. The van der Waals surface area contributed by atoms with Gasteiger partial charge in [0.25, 0.3) is 0 Å². The number of amides is 1. The van der Waals surface area contributed by atoms with Gasteiger partial charge in [0.1, 0.15) is 0 Å². The van der Waals surface area contributed by atoms with Crippen molar-refractivity contribution < 1.29 is 14.3 Å². The standard InChI is InChI=1S/C21H23NO3/c23-20(22-10-8-21(9-11-22)24-12-13-25-21)19-14-18(19)17-7-3-5-15-4-1-2-6-16(15)17/h1-7,18-19H,8-14H2/t18-,19-/m1/s1. The first-order chi connectivity index (χ1) is 12.3. The molecule has 2 heterocycles. The smallest absolute Gasteiger partial charge is 0.226 e. The van der Waals surface area contributed by atoms with E-state index in [9.17, 15) is 4.79 Å². The lowest BCUT2D eigenvalue weighted by molar-refractivity contribution is -0.187. The van der Waals surface area contributed by atoms with Gasteiger partial charge in [-0.2, -0.15) is 0 Å². The summed E-state index contributed by atoms with van der Waals surface area (Å²) in [7, 11) is 0. The van der Waals surface area contributed by atoms with Gasteiger partial charge in [0, 0.05) is 31.8 Å². The highest BCUT2D eigenvalue weighted by atomic mass is 16.7. The average Bonchev–Trinajstić information content (AvgIpc) is 3.34. The molecule has 1 spiro atoms. The van der Waals surface area contributed by atoms with E-state index in [2.05, 4.69) is 42.5 Å². The van der Waals surface area contributed by atoms with Crippen molar-refractivity contribution in [3.05, 3.63) is 48.0 Å². The molecule has 3 aliphatic rings. The lowest BCUT2D eigenvalue weighted by Crippen LogP contribution is -2.47. The minimum absolute atomic E-state index is 0.144. The summed E-state index contributed by atoms with van der Waals surface area (Å²) >= 11 is 0. The monoisotopic (exact) mass is 337 g/mol. The predicted octanol–water partition coefficient (Wildman–Crippen LogP) is 3.31. The quantitative estimate of drug-likeness (QED) is 0.844. The molecule has 3 fully saturated rings. The molecule has 4 heteroatoms. The summed E-state index contributed by atoms with van der Waals surface area (Å²) in [4.78, 5) is 14.9. The van der Waals surface area contributed by atoms with Crippen LogP contribution in [0.25, 0.3) is 10.8 Å². The van der Waals surface area contributed by atoms with Crippen LogP contribution in [-0.4, -0.2) is 42.9 Å². The Hall–Kier alpha value is -1.91. The van der Waals surface area contributed by atoms with Crippen LogP contribution in [0.4, 0.5) is 0 Å². The number of rotatable bonds is 2. The number of hydrogen-bond donors (Lipinski definition) is 0. The molecular weight excluding hydrogens is 314 g/mol. The second-order valence-corrected chi connectivity index (χ2v) is 7.45. The second-order valence-electron chi connectivity index (χ2n) is 7.45. The zero-order valence-electron chi connectivity index (χ0n) is 14.3. The fourth-order valence-electron chi connectivity index (χ4n) is 4.47. The van der Waals surface area contributed by atoms with Crippen LogP contribution >= 0.6 is 0 Å². The summed E-state index contributed by atoms with van der Waals surface area (Å²) in [6, 6.07) is 14.9. The van der Waals surface area contributed by atoms with E-state index >= 15 is 0 Å². The third kappa shape index (κ3) is 2.64. The number of carbonyl (C=O) groups excluding carboxylic acids is 1. The van der Waals surface area contributed by atoms with Crippen molar-refractivity contribution in [2.75, 3.05) is 26.3 Å². The van der Waals surface area contributed by atoms with Crippen LogP contribution in [0.15, 0.2) is 42.5 Å². The SMILES string of the molecule is O=C([C@@H]1C[C@@H]1c1cccc2ccccc12)N1CCC2(CC1)OCCO2. The Balaban J connectivity index is 1.29. The van der Waals surface area contributed by atoms with Crippen LogP contribution in [0, 0.1) is 5.92 Å². The molecule has 4 nitrogen and oxygen atoms in total. The van der Waals surface area contributed by atoms with Gasteiger partial charge in [0.05, 0.1) is 13.2 Å². The topological polar surface area (TPSA) is 38.8 Å². The number of benzene rings is 2. The van der Waals surface area contributed by atoms with Gasteiger partial charge in [-0.3, -0.25) is 4.79 Å². The summed E-state index contributed by atoms with van der Waals surface area (Å²) in [6.45, 7) is 2.86. The number of piperidine rings is 1. The van der Waals surface area contributed by atoms with E-state index in [1.165, 1.54) is 16.3 Å². The van der Waals surface area contributed by atoms with Crippen LogP contribution in [0.5, 0.6) is 0 Å². The zero-order valence-corrected chi connectivity index (χ0v) is 14.3. The first-order valence-corrected chi connectivity index (χ1v) is 9.30. The highest BCUT2D eigenvalue weighted by molar-refractivity contribution is 5.89. The van der Waals surface area contributed by atoms with Crippen molar-refractivity contribution in [3.63, 3.8) is 0 Å². The fourth-order valence-corrected chi connectivity index (χ4v) is 4.47. The summed E-state index contributed by atoms with van der Waals surface area (Å²) in [5, 5.41) is 2.55. The van der Waals surface area contributed by atoms with Crippen LogP contribution in [-0.2, 0) is 14.3 Å². The first-order valence-electron chi connectivity index (χ1n) is 9.30. The number of fused-ring (bicyclic) bond motifs is 1. The van der Waals surface area contributed by atoms with Crippen molar-refractivity contribution in [2.24, 2.45) is 5.92 Å². The Morgan fingerprint density at radius 1 is 1.00 bits per heavy atom. The van der Waals surface area contributed by atoms with Gasteiger partial charge in [-0.05, 0) is 28.7 Å². The highest BCUT2D eigenvalue weighted by Gasteiger charge is 2.48. The molecule has 0 aromatic heterocycles. The molecule has 0 unspecified atom stereocenters. The van der Waals surface area contributed by atoms with E-state index in [1.807, 2.05) is 4.90 Å². The molecule has 2 saturated heterocycles. The molecule has 130 valence electrons. The van der Waals surface area contributed by atoms with Crippen LogP contribution in [0.3, 0.4) is 0 Å². The molecule has 1 aliphatic carbocycles. The number of likely N-dealkylation sites (tertiary alicyclic amines) is 1. The van der Waals surface area contributed by atoms with Crippen molar-refractivity contribution in [3.8, 4) is 0 Å². The predicted molar refractivity (Wildman–Crippen MR) is 95.2 cm³/mol. The van der Waals surface area contributed by atoms with Gasteiger partial charge in [-0.15, -0.1) is 0 Å². The first kappa shape index (κ1) is 15.4.